The maximum absolute atomic E-state index is 12.9. The highest BCUT2D eigenvalue weighted by molar-refractivity contribution is 6.29. The minimum absolute atomic E-state index is 0.0323. The smallest absolute Gasteiger partial charge is 0.253 e. The predicted octanol–water partition coefficient (Wildman–Crippen LogP) is 1.95. The first-order valence-corrected chi connectivity index (χ1v) is 8.95. The molecule has 122 valence electrons. The van der Waals surface area contributed by atoms with Crippen molar-refractivity contribution in [2.75, 3.05) is 13.1 Å². The van der Waals surface area contributed by atoms with Crippen molar-refractivity contribution in [3.8, 4) is 11.3 Å². The molecule has 0 aromatic carbocycles. The molecule has 1 saturated heterocycles. The fourth-order valence-corrected chi connectivity index (χ4v) is 5.19. The van der Waals surface area contributed by atoms with Gasteiger partial charge in [0.15, 0.2) is 0 Å². The zero-order valence-electron chi connectivity index (χ0n) is 13.1. The second-order valence-electron chi connectivity index (χ2n) is 7.61. The molecule has 2 aliphatic carbocycles. The Kier molecular flexibility index (Phi) is 2.26. The summed E-state index contributed by atoms with van der Waals surface area (Å²) in [5, 5.41) is 7.28. The van der Waals surface area contributed by atoms with Crippen LogP contribution in [0.3, 0.4) is 0 Å². The number of nitrogens with one attached hydrogen (secondary N) is 3. The summed E-state index contributed by atoms with van der Waals surface area (Å²) in [5.41, 5.74) is 6.57. The van der Waals surface area contributed by atoms with Gasteiger partial charge in [0.25, 0.3) is 5.91 Å². The van der Waals surface area contributed by atoms with Crippen molar-refractivity contribution in [3.63, 3.8) is 0 Å². The Morgan fingerprint density at radius 3 is 2.75 bits per heavy atom. The van der Waals surface area contributed by atoms with Gasteiger partial charge in [0.2, 0.25) is 0 Å². The zero-order valence-corrected chi connectivity index (χ0v) is 13.9. The fourth-order valence-electron chi connectivity index (χ4n) is 5.04. The van der Waals surface area contributed by atoms with Gasteiger partial charge in [-0.25, -0.2) is 4.98 Å². The summed E-state index contributed by atoms with van der Waals surface area (Å²) in [6.45, 7) is 1.87. The fraction of sp³-hybridized carbons (Fsp3) is 0.444. The lowest BCUT2D eigenvalue weighted by Crippen LogP contribution is -2.71. The lowest BCUT2D eigenvalue weighted by molar-refractivity contribution is 0.0811. The highest BCUT2D eigenvalue weighted by atomic mass is 35.5. The summed E-state index contributed by atoms with van der Waals surface area (Å²) < 4.78 is 0. The molecule has 5 nitrogen and oxygen atoms in total. The molecular weight excluding hydrogens is 324 g/mol. The molecule has 2 spiro atoms. The number of hydrogen-bond acceptors (Lipinski definition) is 3. The average molecular weight is 341 g/mol. The molecule has 1 saturated carbocycles. The minimum Gasteiger partial charge on any atom is -0.357 e. The van der Waals surface area contributed by atoms with Gasteiger partial charge in [-0.3, -0.25) is 4.79 Å². The molecule has 24 heavy (non-hydrogen) atoms. The number of hydrogen-bond donors (Lipinski definition) is 3. The summed E-state index contributed by atoms with van der Waals surface area (Å²) >= 11 is 6.13. The van der Waals surface area contributed by atoms with Crippen LogP contribution in [0.4, 0.5) is 0 Å². The van der Waals surface area contributed by atoms with E-state index in [9.17, 15) is 4.79 Å². The van der Waals surface area contributed by atoms with E-state index in [1.807, 2.05) is 12.3 Å². The number of nitrogens with zero attached hydrogens (tertiary/aromatic N) is 1. The van der Waals surface area contributed by atoms with E-state index in [0.29, 0.717) is 5.15 Å². The van der Waals surface area contributed by atoms with Gasteiger partial charge in [0.1, 0.15) is 5.15 Å². The maximum atomic E-state index is 12.9. The molecule has 6 rings (SSSR count). The van der Waals surface area contributed by atoms with Crippen LogP contribution in [0.5, 0.6) is 0 Å². The van der Waals surface area contributed by atoms with Gasteiger partial charge in [0, 0.05) is 30.5 Å². The van der Waals surface area contributed by atoms with Gasteiger partial charge in [-0.15, -0.1) is 0 Å². The Morgan fingerprint density at radius 1 is 1.21 bits per heavy atom. The number of fused-ring (bicyclic) bond motifs is 7. The van der Waals surface area contributed by atoms with E-state index in [2.05, 4.69) is 20.6 Å². The quantitative estimate of drug-likeness (QED) is 0.642. The SMILES string of the molecule is O=C1NC2(CC2)C2(CNC2)c2[nH]c3c(c21)CCc1cnc(Cl)cc1-3. The van der Waals surface area contributed by atoms with Crippen molar-refractivity contribution in [1.82, 2.24) is 20.6 Å². The highest BCUT2D eigenvalue weighted by Gasteiger charge is 2.67. The van der Waals surface area contributed by atoms with E-state index in [4.69, 9.17) is 11.6 Å². The van der Waals surface area contributed by atoms with Gasteiger partial charge in [-0.2, -0.15) is 0 Å². The zero-order chi connectivity index (χ0) is 16.1. The van der Waals surface area contributed by atoms with Gasteiger partial charge >= 0.3 is 0 Å². The summed E-state index contributed by atoms with van der Waals surface area (Å²) in [5.74, 6) is 0.0983. The number of halogens is 1. The molecule has 0 bridgehead atoms. The molecule has 2 fully saturated rings. The molecule has 1 amide bonds. The maximum Gasteiger partial charge on any atom is 0.253 e. The van der Waals surface area contributed by atoms with Gasteiger partial charge in [-0.05, 0) is 42.9 Å². The standard InChI is InChI=1S/C18H17ClN4O/c19-12-5-11-9(6-21-12)1-2-10-13-15(22-14(10)11)17(7-20-8-17)18(3-4-18)23-16(13)24/h5-6,20,22H,1-4,7-8H2,(H,23,24). The monoisotopic (exact) mass is 340 g/mol. The second-order valence-corrected chi connectivity index (χ2v) is 8.00. The Balaban J connectivity index is 1.63. The molecule has 2 aliphatic heterocycles. The Bertz CT molecular complexity index is 923. The van der Waals surface area contributed by atoms with Crippen molar-refractivity contribution in [2.24, 2.45) is 0 Å². The van der Waals surface area contributed by atoms with E-state index in [1.165, 1.54) is 5.56 Å². The molecule has 0 atom stereocenters. The van der Waals surface area contributed by atoms with Crippen LogP contribution in [0.25, 0.3) is 11.3 Å². The summed E-state index contributed by atoms with van der Waals surface area (Å²) in [6, 6.07) is 1.92. The highest BCUT2D eigenvalue weighted by Crippen LogP contribution is 2.57. The van der Waals surface area contributed by atoms with Crippen LogP contribution in [0.1, 0.15) is 40.0 Å². The number of carbonyl (C=O) groups is 1. The molecular formula is C18H17ClN4O. The Hall–Kier alpha value is -1.85. The largest absolute Gasteiger partial charge is 0.357 e. The van der Waals surface area contributed by atoms with Gasteiger partial charge in [-0.1, -0.05) is 11.6 Å². The Morgan fingerprint density at radius 2 is 2.04 bits per heavy atom. The molecule has 6 heteroatoms. The number of pyridine rings is 1. The van der Waals surface area contributed by atoms with Crippen LogP contribution in [0.2, 0.25) is 5.15 Å². The van der Waals surface area contributed by atoms with E-state index in [1.54, 1.807) is 0 Å². The predicted molar refractivity (Wildman–Crippen MR) is 90.4 cm³/mol. The number of H-pyrrole nitrogens is 1. The first-order chi connectivity index (χ1) is 11.6. The number of rotatable bonds is 0. The van der Waals surface area contributed by atoms with Crippen LogP contribution in [0, 0.1) is 0 Å². The number of aromatic amines is 1. The minimum atomic E-state index is -0.0332. The topological polar surface area (TPSA) is 69.8 Å². The third-order valence-corrected chi connectivity index (χ3v) is 6.76. The molecule has 4 aliphatic rings. The summed E-state index contributed by atoms with van der Waals surface area (Å²) in [7, 11) is 0. The first kappa shape index (κ1) is 13.4. The summed E-state index contributed by atoms with van der Waals surface area (Å²) in [6.07, 6.45) is 5.80. The van der Waals surface area contributed by atoms with E-state index in [-0.39, 0.29) is 16.9 Å². The first-order valence-electron chi connectivity index (χ1n) is 8.57. The number of aromatic nitrogens is 2. The van der Waals surface area contributed by atoms with Crippen molar-refractivity contribution < 1.29 is 4.79 Å². The van der Waals surface area contributed by atoms with Gasteiger partial charge < -0.3 is 15.6 Å². The lowest BCUT2D eigenvalue weighted by Gasteiger charge is -2.51. The molecule has 4 heterocycles. The molecule has 0 radical (unpaired) electrons. The molecule has 2 aromatic heterocycles. The van der Waals surface area contributed by atoms with E-state index >= 15 is 0 Å². The van der Waals surface area contributed by atoms with Crippen molar-refractivity contribution in [3.05, 3.63) is 39.8 Å². The van der Waals surface area contributed by atoms with Crippen LogP contribution in [-0.4, -0.2) is 34.5 Å². The third kappa shape index (κ3) is 1.38. The van der Waals surface area contributed by atoms with Crippen molar-refractivity contribution in [1.29, 1.82) is 0 Å². The van der Waals surface area contributed by atoms with E-state index < -0.39 is 0 Å². The molecule has 3 N–H and O–H groups in total. The van der Waals surface area contributed by atoms with E-state index in [0.717, 1.165) is 66.9 Å². The lowest BCUT2D eigenvalue weighted by atomic mass is 9.66. The van der Waals surface area contributed by atoms with Crippen molar-refractivity contribution in [2.45, 2.75) is 36.6 Å². The number of carbonyl (C=O) groups excluding carboxylic acids is 1. The molecule has 2 aromatic rings. The van der Waals surface area contributed by atoms with Crippen LogP contribution in [0.15, 0.2) is 12.3 Å². The average Bonchev–Trinajstić information content (AvgIpc) is 3.15. The number of aryl methyl sites for hydroxylation is 1. The summed E-state index contributed by atoms with van der Waals surface area (Å²) in [4.78, 5) is 20.8. The van der Waals surface area contributed by atoms with Crippen LogP contribution >= 0.6 is 11.6 Å². The molecule has 0 unspecified atom stereocenters. The van der Waals surface area contributed by atoms with Gasteiger partial charge in [0.05, 0.1) is 22.2 Å². The third-order valence-electron chi connectivity index (χ3n) is 6.55. The van der Waals surface area contributed by atoms with Crippen LogP contribution in [-0.2, 0) is 18.3 Å². The second kappa shape index (κ2) is 4.03. The van der Waals surface area contributed by atoms with Crippen molar-refractivity contribution >= 4 is 17.5 Å². The number of amides is 1. The van der Waals surface area contributed by atoms with Crippen LogP contribution < -0.4 is 10.6 Å². The Labute approximate surface area is 144 Å². The normalized spacial score (nSPS) is 24.0.